The Balaban J connectivity index is 0.000000259. The van der Waals surface area contributed by atoms with Crippen LogP contribution < -0.4 is 10.5 Å². The van der Waals surface area contributed by atoms with Crippen LogP contribution in [0, 0.1) is 0 Å². The SMILES string of the molecule is Nc1cc(C(F)(F)F)ccc1Cl.O=S(=O)(Cl)c1cccc(Br)c1.O=S(=O)(Nc1cc(C(F)(F)F)ccc1Cl)c1cccc(Br)c1. The van der Waals surface area contributed by atoms with Crippen LogP contribution in [0.15, 0.2) is 104 Å². The Bertz CT molecular complexity index is 1880. The minimum Gasteiger partial charge on any atom is -0.398 e. The third-order valence-electron chi connectivity index (χ3n) is 5.05. The number of nitrogens with two attached hydrogens (primary N) is 1. The monoisotopic (exact) mass is 862 g/mol. The minimum atomic E-state index is -4.60. The summed E-state index contributed by atoms with van der Waals surface area (Å²) in [6.07, 6.45) is -8.96. The maximum absolute atomic E-state index is 12.7. The van der Waals surface area contributed by atoms with Gasteiger partial charge in [0.05, 0.1) is 42.3 Å². The van der Waals surface area contributed by atoms with Gasteiger partial charge in [-0.1, -0.05) is 67.2 Å². The van der Waals surface area contributed by atoms with Crippen LogP contribution in [0.2, 0.25) is 10.0 Å². The van der Waals surface area contributed by atoms with E-state index in [1.54, 1.807) is 18.2 Å². The van der Waals surface area contributed by atoms with E-state index in [1.807, 2.05) is 0 Å². The molecular weight excluding hydrogens is 849 g/mol. The van der Waals surface area contributed by atoms with E-state index >= 15 is 0 Å². The molecule has 4 aromatic carbocycles. The maximum atomic E-state index is 12.7. The molecule has 0 aromatic heterocycles. The number of hydrogen-bond acceptors (Lipinski definition) is 5. The third-order valence-corrected chi connectivity index (χ3v) is 9.42. The zero-order chi connectivity index (χ0) is 34.4. The van der Waals surface area contributed by atoms with E-state index in [0.717, 1.165) is 30.3 Å². The summed E-state index contributed by atoms with van der Waals surface area (Å²) in [4.78, 5) is 0.00361. The van der Waals surface area contributed by atoms with Crippen molar-refractivity contribution >= 4 is 96.2 Å². The zero-order valence-corrected chi connectivity index (χ0v) is 28.8. The molecule has 0 saturated heterocycles. The first-order chi connectivity index (χ1) is 20.5. The largest absolute Gasteiger partial charge is 0.416 e. The fourth-order valence-electron chi connectivity index (χ4n) is 2.96. The van der Waals surface area contributed by atoms with Gasteiger partial charge in [-0.15, -0.1) is 0 Å². The smallest absolute Gasteiger partial charge is 0.398 e. The van der Waals surface area contributed by atoms with Crippen LogP contribution in [0.3, 0.4) is 0 Å². The summed E-state index contributed by atoms with van der Waals surface area (Å²) in [6.45, 7) is 0. The highest BCUT2D eigenvalue weighted by molar-refractivity contribution is 9.10. The molecule has 0 spiro atoms. The molecule has 0 radical (unpaired) electrons. The number of hydrogen-bond donors (Lipinski definition) is 2. The zero-order valence-electron chi connectivity index (χ0n) is 21.8. The van der Waals surface area contributed by atoms with Gasteiger partial charge in [-0.25, -0.2) is 16.8 Å². The molecule has 0 unspecified atom stereocenters. The molecule has 45 heavy (non-hydrogen) atoms. The Kier molecular flexibility index (Phi) is 13.5. The molecule has 4 aromatic rings. The first-order valence-corrected chi connectivity index (χ1v) is 17.6. The Morgan fingerprint density at radius 3 is 1.51 bits per heavy atom. The van der Waals surface area contributed by atoms with E-state index in [1.165, 1.54) is 30.3 Å². The van der Waals surface area contributed by atoms with Gasteiger partial charge in [0.1, 0.15) is 0 Å². The fraction of sp³-hybridized carbons (Fsp3) is 0.0769. The second-order valence-electron chi connectivity index (χ2n) is 8.38. The van der Waals surface area contributed by atoms with E-state index in [0.29, 0.717) is 15.0 Å². The van der Waals surface area contributed by atoms with Crippen molar-refractivity contribution in [2.45, 2.75) is 22.1 Å². The number of benzene rings is 4. The normalized spacial score (nSPS) is 11.9. The first kappa shape index (κ1) is 39.0. The summed E-state index contributed by atoms with van der Waals surface area (Å²) in [5.74, 6) is 0. The molecule has 0 aliphatic rings. The predicted molar refractivity (Wildman–Crippen MR) is 169 cm³/mol. The van der Waals surface area contributed by atoms with Crippen molar-refractivity contribution in [1.82, 2.24) is 0 Å². The van der Waals surface area contributed by atoms with Gasteiger partial charge < -0.3 is 5.73 Å². The number of rotatable bonds is 4. The van der Waals surface area contributed by atoms with E-state index in [2.05, 4.69) is 36.6 Å². The predicted octanol–water partition coefficient (Wildman–Crippen LogP) is 10.2. The average Bonchev–Trinajstić information content (AvgIpc) is 2.90. The van der Waals surface area contributed by atoms with Crippen molar-refractivity contribution < 1.29 is 43.2 Å². The quantitative estimate of drug-likeness (QED) is 0.121. The molecule has 4 rings (SSSR count). The van der Waals surface area contributed by atoms with Crippen LogP contribution in [0.5, 0.6) is 0 Å². The second-order valence-corrected chi connectivity index (χ2v) is 15.3. The number of halogens is 11. The first-order valence-electron chi connectivity index (χ1n) is 11.5. The lowest BCUT2D eigenvalue weighted by molar-refractivity contribution is -0.138. The van der Waals surface area contributed by atoms with Gasteiger partial charge in [0.2, 0.25) is 0 Å². The van der Waals surface area contributed by atoms with E-state index < -0.39 is 42.6 Å². The molecule has 3 N–H and O–H groups in total. The molecule has 0 atom stereocenters. The summed E-state index contributed by atoms with van der Waals surface area (Å²) in [5.41, 5.74) is 3.00. The second kappa shape index (κ2) is 15.6. The van der Waals surface area contributed by atoms with Crippen molar-refractivity contribution in [3.63, 3.8) is 0 Å². The van der Waals surface area contributed by atoms with E-state index in [4.69, 9.17) is 39.6 Å². The van der Waals surface area contributed by atoms with Crippen LogP contribution in [-0.4, -0.2) is 16.8 Å². The summed E-state index contributed by atoms with van der Waals surface area (Å²) in [6, 6.07) is 17.2. The molecule has 0 heterocycles. The number of anilines is 2. The molecule has 0 fully saturated rings. The fourth-order valence-corrected chi connectivity index (χ4v) is 6.31. The standard InChI is InChI=1S/C13H8BrClF3NO2S.C7H5ClF3N.C6H4BrClO2S/c14-9-2-1-3-10(7-9)22(20,21)19-12-6-8(13(16,17)18)4-5-11(12)15;8-5-2-1-4(3-6(5)12)7(9,10)11;7-5-2-1-3-6(4-5)11(8,9)10/h1-7,19H;1-3H,12H2;1-4H. The lowest BCUT2D eigenvalue weighted by Crippen LogP contribution is -2.14. The van der Waals surface area contributed by atoms with Gasteiger partial charge in [-0.2, -0.15) is 26.3 Å². The number of nitrogen functional groups attached to an aromatic ring is 1. The molecule has 0 aliphatic carbocycles. The summed E-state index contributed by atoms with van der Waals surface area (Å²) in [5, 5.41) is -0.00503. The summed E-state index contributed by atoms with van der Waals surface area (Å²) < 4.78 is 123. The number of sulfonamides is 1. The van der Waals surface area contributed by atoms with Crippen molar-refractivity contribution in [2.24, 2.45) is 0 Å². The average molecular weight is 866 g/mol. The maximum Gasteiger partial charge on any atom is 0.416 e. The third kappa shape index (κ3) is 12.5. The molecular formula is C26H17Br2Cl3F6N2O4S2. The highest BCUT2D eigenvalue weighted by atomic mass is 79.9. The summed E-state index contributed by atoms with van der Waals surface area (Å²) in [7, 11) is -2.55. The van der Waals surface area contributed by atoms with Crippen molar-refractivity contribution in [2.75, 3.05) is 10.5 Å². The van der Waals surface area contributed by atoms with Crippen LogP contribution in [0.25, 0.3) is 0 Å². The van der Waals surface area contributed by atoms with Gasteiger partial charge in [-0.05, 0) is 72.8 Å². The lowest BCUT2D eigenvalue weighted by Gasteiger charge is -2.13. The number of nitrogens with one attached hydrogen (secondary N) is 1. The minimum absolute atomic E-state index is 0.0634. The summed E-state index contributed by atoms with van der Waals surface area (Å²) >= 11 is 17.5. The molecule has 0 saturated carbocycles. The molecule has 0 aliphatic heterocycles. The lowest BCUT2D eigenvalue weighted by atomic mass is 10.2. The van der Waals surface area contributed by atoms with Crippen molar-refractivity contribution in [1.29, 1.82) is 0 Å². The Morgan fingerprint density at radius 2 is 1.09 bits per heavy atom. The van der Waals surface area contributed by atoms with Crippen LogP contribution in [0.4, 0.5) is 37.7 Å². The number of alkyl halides is 6. The van der Waals surface area contributed by atoms with Gasteiger partial charge in [0.25, 0.3) is 19.1 Å². The Labute approximate surface area is 285 Å². The van der Waals surface area contributed by atoms with E-state index in [9.17, 15) is 43.2 Å². The van der Waals surface area contributed by atoms with Crippen LogP contribution in [0.1, 0.15) is 11.1 Å². The van der Waals surface area contributed by atoms with Crippen LogP contribution in [-0.2, 0) is 31.4 Å². The molecule has 244 valence electrons. The molecule has 6 nitrogen and oxygen atoms in total. The van der Waals surface area contributed by atoms with Gasteiger partial charge in [0, 0.05) is 19.6 Å². The van der Waals surface area contributed by atoms with Gasteiger partial charge >= 0.3 is 12.4 Å². The molecule has 0 amide bonds. The molecule has 19 heteroatoms. The highest BCUT2D eigenvalue weighted by Gasteiger charge is 2.32. The van der Waals surface area contributed by atoms with Crippen molar-refractivity contribution in [3.8, 4) is 0 Å². The topological polar surface area (TPSA) is 106 Å². The van der Waals surface area contributed by atoms with Crippen LogP contribution >= 0.6 is 65.7 Å². The van der Waals surface area contributed by atoms with Gasteiger partial charge in [-0.3, -0.25) is 4.72 Å². The van der Waals surface area contributed by atoms with E-state index in [-0.39, 0.29) is 31.2 Å². The molecule has 0 bridgehead atoms. The Hall–Kier alpha value is -2.21. The highest BCUT2D eigenvalue weighted by Crippen LogP contribution is 2.35. The van der Waals surface area contributed by atoms with Crippen molar-refractivity contribution in [3.05, 3.63) is 115 Å². The Morgan fingerprint density at radius 1 is 0.644 bits per heavy atom. The van der Waals surface area contributed by atoms with Gasteiger partial charge in [0.15, 0.2) is 0 Å².